The van der Waals surface area contributed by atoms with Gasteiger partial charge in [-0.15, -0.1) is 0 Å². The average molecular weight is 186 g/mol. The number of hydrogen-bond acceptors (Lipinski definition) is 3. The van der Waals surface area contributed by atoms with E-state index in [0.29, 0.717) is 22.7 Å². The molecule has 0 amide bonds. The normalized spacial score (nSPS) is 38.3. The molecule has 2 rings (SSSR count). The second-order valence-corrected chi connectivity index (χ2v) is 4.88. The van der Waals surface area contributed by atoms with Gasteiger partial charge < -0.3 is 9.47 Å². The fraction of sp³-hybridized carbons (Fsp3) is 0.889. The molecule has 2 fully saturated rings. The number of fused-ring (bicyclic) bond motifs is 1. The van der Waals surface area contributed by atoms with E-state index in [9.17, 15) is 0 Å². The van der Waals surface area contributed by atoms with E-state index < -0.39 is 0 Å². The van der Waals surface area contributed by atoms with Crippen molar-refractivity contribution < 1.29 is 9.47 Å². The fourth-order valence-corrected chi connectivity index (χ4v) is 2.46. The number of hydrogen-bond donors (Lipinski definition) is 0. The molecule has 1 saturated carbocycles. The van der Waals surface area contributed by atoms with E-state index in [1.807, 2.05) is 0 Å². The van der Waals surface area contributed by atoms with Crippen molar-refractivity contribution >= 4 is 17.5 Å². The maximum Gasteiger partial charge on any atom is 0.352 e. The summed E-state index contributed by atoms with van der Waals surface area (Å²) in [6, 6.07) is 0. The molecule has 0 aromatic heterocycles. The highest BCUT2D eigenvalue weighted by molar-refractivity contribution is 7.79. The lowest BCUT2D eigenvalue weighted by Crippen LogP contribution is -2.32. The minimum Gasteiger partial charge on any atom is -0.456 e. The van der Waals surface area contributed by atoms with E-state index in [4.69, 9.17) is 21.7 Å². The van der Waals surface area contributed by atoms with Crippen molar-refractivity contribution in [2.24, 2.45) is 11.3 Å². The third-order valence-electron chi connectivity index (χ3n) is 2.76. The third kappa shape index (κ3) is 1.42. The molecular formula is C9H14O2S. The van der Waals surface area contributed by atoms with Gasteiger partial charge in [-0.1, -0.05) is 13.8 Å². The topological polar surface area (TPSA) is 18.5 Å². The second kappa shape index (κ2) is 2.59. The van der Waals surface area contributed by atoms with Crippen LogP contribution in [0.4, 0.5) is 0 Å². The maximum absolute atomic E-state index is 5.46. The van der Waals surface area contributed by atoms with Crippen molar-refractivity contribution in [3.05, 3.63) is 0 Å². The number of rotatable bonds is 0. The van der Waals surface area contributed by atoms with Gasteiger partial charge in [0.1, 0.15) is 6.10 Å². The summed E-state index contributed by atoms with van der Waals surface area (Å²) in [7, 11) is 0. The first-order chi connectivity index (χ1) is 5.57. The number of thiocarbonyl (C=S) groups is 1. The fourth-order valence-electron chi connectivity index (χ4n) is 2.27. The van der Waals surface area contributed by atoms with Crippen molar-refractivity contribution in [2.45, 2.75) is 32.8 Å². The van der Waals surface area contributed by atoms with E-state index in [1.54, 1.807) is 0 Å². The highest BCUT2D eigenvalue weighted by atomic mass is 32.1. The molecule has 0 unspecified atom stereocenters. The van der Waals surface area contributed by atoms with Crippen LogP contribution in [0, 0.1) is 11.3 Å². The Morgan fingerprint density at radius 1 is 1.42 bits per heavy atom. The first-order valence-corrected chi connectivity index (χ1v) is 4.81. The lowest BCUT2D eigenvalue weighted by Gasteiger charge is -2.26. The van der Waals surface area contributed by atoms with Crippen molar-refractivity contribution in [1.29, 1.82) is 0 Å². The largest absolute Gasteiger partial charge is 0.456 e. The van der Waals surface area contributed by atoms with Crippen LogP contribution in [0.3, 0.4) is 0 Å². The van der Waals surface area contributed by atoms with Gasteiger partial charge in [-0.3, -0.25) is 0 Å². The van der Waals surface area contributed by atoms with Crippen LogP contribution in [0.5, 0.6) is 0 Å². The average Bonchev–Trinajstić information content (AvgIpc) is 2.21. The van der Waals surface area contributed by atoms with Gasteiger partial charge in [0.15, 0.2) is 0 Å². The molecule has 1 heterocycles. The van der Waals surface area contributed by atoms with Crippen LogP contribution in [0.1, 0.15) is 26.7 Å². The molecule has 1 saturated heterocycles. The van der Waals surface area contributed by atoms with Gasteiger partial charge in [-0.05, 0) is 18.3 Å². The Bertz CT molecular complexity index is 213. The van der Waals surface area contributed by atoms with Crippen LogP contribution in [0.15, 0.2) is 0 Å². The van der Waals surface area contributed by atoms with Crippen molar-refractivity contribution in [3.8, 4) is 0 Å². The Morgan fingerprint density at radius 3 is 2.92 bits per heavy atom. The highest BCUT2D eigenvalue weighted by Gasteiger charge is 2.43. The molecule has 1 aliphatic heterocycles. The van der Waals surface area contributed by atoms with Gasteiger partial charge in [0.25, 0.3) is 0 Å². The van der Waals surface area contributed by atoms with Crippen molar-refractivity contribution in [3.63, 3.8) is 0 Å². The molecule has 0 spiro atoms. The Hall–Kier alpha value is -0.310. The molecule has 1 aliphatic carbocycles. The number of ether oxygens (including phenoxy) is 2. The summed E-state index contributed by atoms with van der Waals surface area (Å²) < 4.78 is 10.6. The standard InChI is InChI=1S/C9H14O2S/c1-9(2)3-6-5-10-8(12)11-7(6)4-9/h6-7H,3-5H2,1-2H3/t6-,7-/m0/s1. The van der Waals surface area contributed by atoms with Gasteiger partial charge in [-0.25, -0.2) is 0 Å². The molecule has 0 aromatic rings. The van der Waals surface area contributed by atoms with Crippen LogP contribution in [0.2, 0.25) is 0 Å². The Labute approximate surface area is 78.2 Å². The molecule has 0 radical (unpaired) electrons. The molecule has 0 N–H and O–H groups in total. The lowest BCUT2D eigenvalue weighted by atomic mass is 9.91. The zero-order chi connectivity index (χ0) is 8.77. The monoisotopic (exact) mass is 186 g/mol. The quantitative estimate of drug-likeness (QED) is 0.540. The minimum absolute atomic E-state index is 0.321. The van der Waals surface area contributed by atoms with Crippen LogP contribution in [-0.2, 0) is 9.47 Å². The molecule has 3 heteroatoms. The van der Waals surface area contributed by atoms with Gasteiger partial charge in [-0.2, -0.15) is 0 Å². The summed E-state index contributed by atoms with van der Waals surface area (Å²) in [4.78, 5) is 0. The SMILES string of the molecule is CC1(C)C[C@H]2COC(=S)O[C@H]2C1. The van der Waals surface area contributed by atoms with Gasteiger partial charge in [0.2, 0.25) is 0 Å². The second-order valence-electron chi connectivity index (χ2n) is 4.55. The van der Waals surface area contributed by atoms with Crippen molar-refractivity contribution in [1.82, 2.24) is 0 Å². The van der Waals surface area contributed by atoms with Crippen LogP contribution < -0.4 is 0 Å². The van der Waals surface area contributed by atoms with E-state index in [0.717, 1.165) is 13.0 Å². The van der Waals surface area contributed by atoms with Crippen molar-refractivity contribution in [2.75, 3.05) is 6.61 Å². The zero-order valence-electron chi connectivity index (χ0n) is 7.50. The van der Waals surface area contributed by atoms with E-state index in [2.05, 4.69) is 13.8 Å². The molecule has 2 nitrogen and oxygen atoms in total. The summed E-state index contributed by atoms with van der Waals surface area (Å²) in [6.45, 7) is 5.31. The highest BCUT2D eigenvalue weighted by Crippen LogP contribution is 2.44. The van der Waals surface area contributed by atoms with Crippen LogP contribution in [-0.4, -0.2) is 17.9 Å². The molecule has 68 valence electrons. The molecule has 2 aliphatic rings. The minimum atomic E-state index is 0.321. The zero-order valence-corrected chi connectivity index (χ0v) is 8.32. The summed E-state index contributed by atoms with van der Waals surface area (Å²) in [5.41, 5.74) is 0.401. The van der Waals surface area contributed by atoms with E-state index >= 15 is 0 Å². The predicted molar refractivity (Wildman–Crippen MR) is 49.9 cm³/mol. The first kappa shape index (κ1) is 8.30. The third-order valence-corrected chi connectivity index (χ3v) is 2.97. The Morgan fingerprint density at radius 2 is 2.17 bits per heavy atom. The summed E-state index contributed by atoms with van der Waals surface area (Å²) in [5.74, 6) is 0.562. The van der Waals surface area contributed by atoms with Gasteiger partial charge >= 0.3 is 5.24 Å². The molecule has 0 aromatic carbocycles. The van der Waals surface area contributed by atoms with Gasteiger partial charge in [0.05, 0.1) is 6.61 Å². The maximum atomic E-state index is 5.46. The van der Waals surface area contributed by atoms with Gasteiger partial charge in [0, 0.05) is 18.1 Å². The predicted octanol–water partition coefficient (Wildman–Crippen LogP) is 2.12. The molecule has 0 bridgehead atoms. The smallest absolute Gasteiger partial charge is 0.352 e. The van der Waals surface area contributed by atoms with Crippen LogP contribution >= 0.6 is 12.2 Å². The molecule has 2 atom stereocenters. The van der Waals surface area contributed by atoms with E-state index in [1.165, 1.54) is 6.42 Å². The first-order valence-electron chi connectivity index (χ1n) is 4.40. The molecular weight excluding hydrogens is 172 g/mol. The Balaban J connectivity index is 2.07. The summed E-state index contributed by atoms with van der Waals surface area (Å²) in [6.07, 6.45) is 2.63. The Kier molecular flexibility index (Phi) is 1.79. The molecule has 12 heavy (non-hydrogen) atoms. The van der Waals surface area contributed by atoms with Crippen LogP contribution in [0.25, 0.3) is 0 Å². The summed E-state index contributed by atoms with van der Waals surface area (Å²) in [5, 5.41) is 0.342. The lowest BCUT2D eigenvalue weighted by molar-refractivity contribution is 0.0155. The van der Waals surface area contributed by atoms with E-state index in [-0.39, 0.29) is 0 Å². The summed E-state index contributed by atoms with van der Waals surface area (Å²) >= 11 is 4.86.